The third kappa shape index (κ3) is 6.73. The van der Waals surface area contributed by atoms with E-state index in [1.165, 1.54) is 13.1 Å². The molecule has 1 saturated heterocycles. The summed E-state index contributed by atoms with van der Waals surface area (Å²) in [5, 5.41) is 12.3. The lowest BCUT2D eigenvalue weighted by Gasteiger charge is -2.23. The topological polar surface area (TPSA) is 121 Å². The van der Waals surface area contributed by atoms with E-state index in [2.05, 4.69) is 0 Å². The van der Waals surface area contributed by atoms with Gasteiger partial charge in [-0.15, -0.1) is 0 Å². The summed E-state index contributed by atoms with van der Waals surface area (Å²) in [5.41, 5.74) is -0.300. The van der Waals surface area contributed by atoms with Crippen LogP contribution in [0.4, 0.5) is 13.2 Å². The summed E-state index contributed by atoms with van der Waals surface area (Å²) in [6, 6.07) is 9.15. The number of aliphatic hydroxyl groups excluding tert-OH is 1. The predicted octanol–water partition coefficient (Wildman–Crippen LogP) is 1.25. The van der Waals surface area contributed by atoms with Gasteiger partial charge in [-0.05, 0) is 12.5 Å². The number of ether oxygens (including phenoxy) is 3. The monoisotopic (exact) mass is 627 g/mol. The van der Waals surface area contributed by atoms with Crippen LogP contribution in [0, 0.1) is 6.92 Å². The van der Waals surface area contributed by atoms with Crippen molar-refractivity contribution >= 4 is 28.5 Å². The Kier molecular flexibility index (Phi) is 9.68. The lowest BCUT2D eigenvalue weighted by atomic mass is 10.1. The molecule has 1 amide bonds. The van der Waals surface area contributed by atoms with E-state index in [9.17, 15) is 32.7 Å². The molecule has 2 N–H and O–H groups in total. The van der Waals surface area contributed by atoms with Crippen LogP contribution in [0.15, 0.2) is 46.1 Å². The first-order valence-corrected chi connectivity index (χ1v) is 12.4. The Labute approximate surface area is 217 Å². The van der Waals surface area contributed by atoms with Gasteiger partial charge >= 0.3 is 17.8 Å². The fourth-order valence-electron chi connectivity index (χ4n) is 3.59. The first kappa shape index (κ1) is 28.3. The first-order chi connectivity index (χ1) is 17.0. The van der Waals surface area contributed by atoms with Gasteiger partial charge in [0.25, 0.3) is 5.56 Å². The fourth-order valence-corrected chi connectivity index (χ4v) is 4.32. The van der Waals surface area contributed by atoms with Gasteiger partial charge in [0.1, 0.15) is 18.9 Å². The van der Waals surface area contributed by atoms with Crippen LogP contribution in [0.1, 0.15) is 17.4 Å². The van der Waals surface area contributed by atoms with Crippen molar-refractivity contribution in [3.8, 4) is 0 Å². The van der Waals surface area contributed by atoms with Crippen LogP contribution in [0.5, 0.6) is 0 Å². The second-order valence-corrected chi connectivity index (χ2v) is 8.88. The van der Waals surface area contributed by atoms with Crippen molar-refractivity contribution < 1.29 is 37.3 Å². The Morgan fingerprint density at radius 2 is 1.94 bits per heavy atom. The predicted molar refractivity (Wildman–Crippen MR) is 129 cm³/mol. The van der Waals surface area contributed by atoms with E-state index in [1.807, 2.05) is 52.9 Å². The van der Waals surface area contributed by atoms with Crippen molar-refractivity contribution in [2.24, 2.45) is 0 Å². The average Bonchev–Trinajstić information content (AvgIpc) is 3.16. The Morgan fingerprint density at radius 1 is 1.25 bits per heavy atom. The highest BCUT2D eigenvalue weighted by atomic mass is 127. The summed E-state index contributed by atoms with van der Waals surface area (Å²) in [4.78, 5) is 36.8. The molecular formula is C22H25F3IN3O7. The van der Waals surface area contributed by atoms with Crippen molar-refractivity contribution in [1.82, 2.24) is 14.5 Å². The van der Waals surface area contributed by atoms with Crippen molar-refractivity contribution in [1.29, 1.82) is 0 Å². The molecule has 2 heterocycles. The number of rotatable bonds is 10. The van der Waals surface area contributed by atoms with Crippen molar-refractivity contribution in [2.45, 2.75) is 51.0 Å². The lowest BCUT2D eigenvalue weighted by Crippen LogP contribution is -2.45. The Morgan fingerprint density at radius 3 is 2.58 bits per heavy atom. The molecule has 198 valence electrons. The molecule has 3 rings (SSSR count). The number of benzene rings is 1. The first-order valence-electron chi connectivity index (χ1n) is 10.8. The number of carbonyl (C=O) groups excluding carboxylic acids is 1. The van der Waals surface area contributed by atoms with Crippen LogP contribution < -0.4 is 16.6 Å². The van der Waals surface area contributed by atoms with Gasteiger partial charge in [-0.1, -0.05) is 52.9 Å². The number of carbonyl (C=O) groups is 1. The van der Waals surface area contributed by atoms with E-state index in [0.29, 0.717) is 4.43 Å². The van der Waals surface area contributed by atoms with Gasteiger partial charge in [0.05, 0.1) is 19.3 Å². The van der Waals surface area contributed by atoms with Crippen LogP contribution in [0.2, 0.25) is 0 Å². The zero-order valence-corrected chi connectivity index (χ0v) is 21.3. The summed E-state index contributed by atoms with van der Waals surface area (Å²) in [6.45, 7) is 0.449. The molecular weight excluding hydrogens is 602 g/mol. The third-order valence-electron chi connectivity index (χ3n) is 5.39. The molecule has 2 aromatic rings. The highest BCUT2D eigenvalue weighted by Crippen LogP contribution is 2.32. The quantitative estimate of drug-likeness (QED) is 0.231. The fraction of sp³-hybridized carbons (Fsp3) is 0.500. The number of amides is 1. The second-order valence-electron chi connectivity index (χ2n) is 8.00. The zero-order chi connectivity index (χ0) is 26.5. The standard InChI is InChI=1S/C22H25F3IN3O7/c1-13-10-28(21(33)29(18(13)31)12-34-11-14-5-3-2-4-6-14)19-17(16(30)15(9-26)36-19)35-8-7-27-20(32)22(23,24)25/h2-6,10,15-17,19,30H,7-9,11-12H2,1H3,(H,27,32)/t15-,16-,17-,19-/m1/s1. The molecule has 1 aliphatic heterocycles. The second kappa shape index (κ2) is 12.3. The smallest absolute Gasteiger partial charge is 0.387 e. The maximum absolute atomic E-state index is 13.2. The Bertz CT molecular complexity index is 1160. The number of aromatic nitrogens is 2. The summed E-state index contributed by atoms with van der Waals surface area (Å²) in [5.74, 6) is -2.12. The van der Waals surface area contributed by atoms with Gasteiger partial charge in [0.2, 0.25) is 0 Å². The third-order valence-corrected chi connectivity index (χ3v) is 6.26. The van der Waals surface area contributed by atoms with E-state index in [-0.39, 0.29) is 25.5 Å². The largest absolute Gasteiger partial charge is 0.471 e. The molecule has 1 aromatic heterocycles. The number of hydrogen-bond donors (Lipinski definition) is 2. The number of nitrogens with zero attached hydrogens (tertiary/aromatic N) is 2. The van der Waals surface area contributed by atoms with Crippen LogP contribution >= 0.6 is 22.6 Å². The molecule has 4 atom stereocenters. The van der Waals surface area contributed by atoms with Gasteiger partial charge in [-0.3, -0.25) is 14.2 Å². The summed E-state index contributed by atoms with van der Waals surface area (Å²) >= 11 is 1.97. The molecule has 0 spiro atoms. The Hall–Kier alpha value is -2.27. The van der Waals surface area contributed by atoms with Gasteiger partial charge in [0, 0.05) is 22.7 Å². The number of hydrogen-bond acceptors (Lipinski definition) is 7. The number of aliphatic hydroxyl groups is 1. The van der Waals surface area contributed by atoms with E-state index >= 15 is 0 Å². The molecule has 0 radical (unpaired) electrons. The van der Waals surface area contributed by atoms with E-state index in [1.54, 1.807) is 5.32 Å². The molecule has 0 aliphatic carbocycles. The van der Waals surface area contributed by atoms with Crippen LogP contribution in [-0.2, 0) is 32.3 Å². The minimum atomic E-state index is -5.04. The molecule has 1 fully saturated rings. The Balaban J connectivity index is 1.78. The molecule has 10 nitrogen and oxygen atoms in total. The van der Waals surface area contributed by atoms with Crippen LogP contribution in [0.25, 0.3) is 0 Å². The molecule has 0 bridgehead atoms. The number of aryl methyl sites for hydroxylation is 1. The number of halogens is 4. The van der Waals surface area contributed by atoms with Crippen LogP contribution in [0.3, 0.4) is 0 Å². The van der Waals surface area contributed by atoms with Gasteiger partial charge in [-0.25, -0.2) is 9.36 Å². The summed E-state index contributed by atoms with van der Waals surface area (Å²) < 4.78 is 56.3. The summed E-state index contributed by atoms with van der Waals surface area (Å²) in [7, 11) is 0. The molecule has 0 unspecified atom stereocenters. The summed E-state index contributed by atoms with van der Waals surface area (Å²) in [6.07, 6.45) is -8.05. The molecule has 0 saturated carbocycles. The maximum Gasteiger partial charge on any atom is 0.471 e. The molecule has 14 heteroatoms. The lowest BCUT2D eigenvalue weighted by molar-refractivity contribution is -0.174. The van der Waals surface area contributed by atoms with Crippen molar-refractivity contribution in [3.63, 3.8) is 0 Å². The highest BCUT2D eigenvalue weighted by molar-refractivity contribution is 14.1. The van der Waals surface area contributed by atoms with Gasteiger partial charge in [0.15, 0.2) is 6.23 Å². The van der Waals surface area contributed by atoms with Crippen molar-refractivity contribution in [2.75, 3.05) is 17.6 Å². The average molecular weight is 627 g/mol. The van der Waals surface area contributed by atoms with Crippen LogP contribution in [-0.4, -0.2) is 62.2 Å². The molecule has 36 heavy (non-hydrogen) atoms. The minimum Gasteiger partial charge on any atom is -0.387 e. The molecule has 1 aliphatic rings. The SMILES string of the molecule is Cc1cn([C@@H]2O[C@H](CI)[C@@H](O)[C@H]2OCCNC(=O)C(F)(F)F)c(=O)n(COCc2ccccc2)c1=O. The van der Waals surface area contributed by atoms with Crippen molar-refractivity contribution in [3.05, 3.63) is 68.5 Å². The van der Waals surface area contributed by atoms with Gasteiger partial charge in [-0.2, -0.15) is 13.2 Å². The van der Waals surface area contributed by atoms with Gasteiger partial charge < -0.3 is 24.6 Å². The molecule has 1 aromatic carbocycles. The highest BCUT2D eigenvalue weighted by Gasteiger charge is 2.46. The maximum atomic E-state index is 13.2. The van der Waals surface area contributed by atoms with E-state index in [4.69, 9.17) is 14.2 Å². The van der Waals surface area contributed by atoms with E-state index < -0.39 is 54.4 Å². The minimum absolute atomic E-state index is 0.158. The normalized spacial score (nSPS) is 22.1. The zero-order valence-electron chi connectivity index (χ0n) is 19.1. The number of nitrogens with one attached hydrogen (secondary N) is 1. The number of alkyl halides is 4. The van der Waals surface area contributed by atoms with E-state index in [0.717, 1.165) is 14.7 Å².